The number of ether oxygens (including phenoxy) is 1. The number of anilines is 1. The van der Waals surface area contributed by atoms with Crippen molar-refractivity contribution in [1.82, 2.24) is 9.88 Å². The third kappa shape index (κ3) is 4.29. The van der Waals surface area contributed by atoms with Crippen LogP contribution in [-0.2, 0) is 0 Å². The molecule has 0 amide bonds. The lowest BCUT2D eigenvalue weighted by Gasteiger charge is -2.33. The molecule has 0 aliphatic carbocycles. The van der Waals surface area contributed by atoms with E-state index < -0.39 is 5.60 Å². The molecule has 148 valence electrons. The predicted octanol–water partition coefficient (Wildman–Crippen LogP) is 3.86. The first-order valence-corrected chi connectivity index (χ1v) is 10.5. The van der Waals surface area contributed by atoms with E-state index in [2.05, 4.69) is 34.4 Å². The lowest BCUT2D eigenvalue weighted by Crippen LogP contribution is -2.44. The minimum absolute atomic E-state index is 0.263. The second kappa shape index (κ2) is 7.70. The summed E-state index contributed by atoms with van der Waals surface area (Å²) < 4.78 is 6.93. The molecule has 2 aromatic heterocycles. The van der Waals surface area contributed by atoms with Crippen molar-refractivity contribution in [3.8, 4) is 17.0 Å². The smallest absolute Gasteiger partial charge is 0.138 e. The van der Waals surface area contributed by atoms with Crippen molar-refractivity contribution in [1.29, 1.82) is 0 Å². The summed E-state index contributed by atoms with van der Waals surface area (Å²) in [5.41, 5.74) is 1.21. The van der Waals surface area contributed by atoms with Gasteiger partial charge in [0.15, 0.2) is 0 Å². The molecule has 0 saturated carbocycles. The Morgan fingerprint density at radius 1 is 1.11 bits per heavy atom. The van der Waals surface area contributed by atoms with Gasteiger partial charge in [0.2, 0.25) is 0 Å². The molecular weight excluding hydrogens is 370 g/mol. The monoisotopic (exact) mass is 397 g/mol. The van der Waals surface area contributed by atoms with Crippen LogP contribution < -0.4 is 9.64 Å². The van der Waals surface area contributed by atoms with Crippen molar-refractivity contribution in [2.75, 3.05) is 44.7 Å². The van der Waals surface area contributed by atoms with Crippen molar-refractivity contribution in [2.45, 2.75) is 19.4 Å². The Morgan fingerprint density at radius 3 is 2.50 bits per heavy atom. The highest BCUT2D eigenvalue weighted by atomic mass is 32.1. The van der Waals surface area contributed by atoms with Crippen molar-refractivity contribution in [2.24, 2.45) is 0 Å². The van der Waals surface area contributed by atoms with Gasteiger partial charge in [0.05, 0.1) is 11.3 Å². The minimum atomic E-state index is -0.845. The number of pyridine rings is 1. The van der Waals surface area contributed by atoms with Gasteiger partial charge in [-0.2, -0.15) is 0 Å². The van der Waals surface area contributed by atoms with Gasteiger partial charge in [-0.15, -0.1) is 11.3 Å². The van der Waals surface area contributed by atoms with Crippen LogP contribution in [0.4, 0.5) is 5.82 Å². The Balaban J connectivity index is 1.62. The number of fused-ring (bicyclic) bond motifs is 1. The Bertz CT molecular complexity index is 939. The molecule has 6 heteroatoms. The van der Waals surface area contributed by atoms with Crippen molar-refractivity contribution >= 4 is 27.2 Å². The molecule has 28 heavy (non-hydrogen) atoms. The normalized spacial score (nSPS) is 15.9. The van der Waals surface area contributed by atoms with E-state index in [1.807, 2.05) is 24.3 Å². The highest BCUT2D eigenvalue weighted by Crippen LogP contribution is 2.34. The molecule has 1 aromatic carbocycles. The number of likely N-dealkylation sites (N-methyl/N-ethyl adjacent to an activating group) is 1. The molecule has 1 fully saturated rings. The number of aliphatic hydroxyl groups is 1. The maximum absolute atomic E-state index is 9.82. The summed E-state index contributed by atoms with van der Waals surface area (Å²) in [4.78, 5) is 9.80. The molecule has 1 aliphatic heterocycles. The van der Waals surface area contributed by atoms with Crippen LogP contribution in [0, 0.1) is 0 Å². The lowest BCUT2D eigenvalue weighted by atomic mass is 10.1. The average molecular weight is 398 g/mol. The largest absolute Gasteiger partial charge is 0.491 e. The molecule has 0 atom stereocenters. The highest BCUT2D eigenvalue weighted by molar-refractivity contribution is 7.17. The third-order valence-corrected chi connectivity index (χ3v) is 5.84. The number of hydrogen-bond donors (Lipinski definition) is 1. The highest BCUT2D eigenvalue weighted by Gasteiger charge is 2.19. The van der Waals surface area contributed by atoms with E-state index in [0.29, 0.717) is 0 Å². The van der Waals surface area contributed by atoms with E-state index in [1.165, 1.54) is 10.1 Å². The molecular formula is C22H27N3O2S. The molecule has 1 saturated heterocycles. The fourth-order valence-electron chi connectivity index (χ4n) is 3.34. The molecule has 0 bridgehead atoms. The Morgan fingerprint density at radius 2 is 1.82 bits per heavy atom. The van der Waals surface area contributed by atoms with Gasteiger partial charge in [0.1, 0.15) is 18.2 Å². The molecule has 5 nitrogen and oxygen atoms in total. The second-order valence-electron chi connectivity index (χ2n) is 8.08. The molecule has 0 spiro atoms. The van der Waals surface area contributed by atoms with E-state index in [9.17, 15) is 5.11 Å². The van der Waals surface area contributed by atoms with Crippen LogP contribution >= 0.6 is 11.3 Å². The SMILES string of the molecule is CN1CCN(c2nc(-c3ccc(OCC(C)(C)O)cc3)cc3sccc23)CC1. The molecule has 1 N–H and O–H groups in total. The van der Waals surface area contributed by atoms with Crippen molar-refractivity contribution in [3.05, 3.63) is 41.8 Å². The zero-order valence-corrected chi connectivity index (χ0v) is 17.5. The Labute approximate surface area is 170 Å². The Kier molecular flexibility index (Phi) is 5.27. The minimum Gasteiger partial charge on any atom is -0.491 e. The lowest BCUT2D eigenvalue weighted by molar-refractivity contribution is 0.0285. The van der Waals surface area contributed by atoms with Gasteiger partial charge in [0, 0.05) is 41.8 Å². The van der Waals surface area contributed by atoms with Gasteiger partial charge in [-0.05, 0) is 62.7 Å². The number of thiophene rings is 1. The van der Waals surface area contributed by atoms with Crippen molar-refractivity contribution < 1.29 is 9.84 Å². The average Bonchev–Trinajstić information content (AvgIpc) is 3.15. The van der Waals surface area contributed by atoms with E-state index in [1.54, 1.807) is 25.2 Å². The number of hydrogen-bond acceptors (Lipinski definition) is 6. The summed E-state index contributed by atoms with van der Waals surface area (Å²) in [5.74, 6) is 1.84. The summed E-state index contributed by atoms with van der Waals surface area (Å²) in [5, 5.41) is 13.2. The van der Waals surface area contributed by atoms with Crippen LogP contribution in [0.5, 0.6) is 5.75 Å². The maximum Gasteiger partial charge on any atom is 0.138 e. The van der Waals surface area contributed by atoms with E-state index in [0.717, 1.165) is 49.0 Å². The van der Waals surface area contributed by atoms with E-state index >= 15 is 0 Å². The third-order valence-electron chi connectivity index (χ3n) is 4.98. The van der Waals surface area contributed by atoms with Crippen LogP contribution in [0.3, 0.4) is 0 Å². The Hall–Kier alpha value is -2.15. The van der Waals surface area contributed by atoms with Gasteiger partial charge in [-0.1, -0.05) is 0 Å². The summed E-state index contributed by atoms with van der Waals surface area (Å²) in [7, 11) is 2.17. The van der Waals surface area contributed by atoms with Crippen LogP contribution in [0.15, 0.2) is 41.8 Å². The fraction of sp³-hybridized carbons (Fsp3) is 0.409. The molecule has 1 aliphatic rings. The van der Waals surface area contributed by atoms with Crippen molar-refractivity contribution in [3.63, 3.8) is 0 Å². The van der Waals surface area contributed by atoms with E-state index in [-0.39, 0.29) is 6.61 Å². The first-order valence-electron chi connectivity index (χ1n) is 9.66. The summed E-state index contributed by atoms with van der Waals surface area (Å²) >= 11 is 1.76. The second-order valence-corrected chi connectivity index (χ2v) is 9.03. The van der Waals surface area contributed by atoms with Crippen LogP contribution in [0.25, 0.3) is 21.3 Å². The van der Waals surface area contributed by atoms with Crippen LogP contribution in [-0.4, -0.2) is 60.4 Å². The zero-order valence-electron chi connectivity index (χ0n) is 16.7. The van der Waals surface area contributed by atoms with Gasteiger partial charge in [-0.25, -0.2) is 4.98 Å². The first-order chi connectivity index (χ1) is 13.4. The standard InChI is InChI=1S/C22H27N3O2S/c1-22(2,26)15-27-17-6-4-16(5-7-17)19-14-20-18(8-13-28-20)21(23-19)25-11-9-24(3)10-12-25/h4-8,13-14,26H,9-12,15H2,1-3H3. The topological polar surface area (TPSA) is 48.8 Å². The van der Waals surface area contributed by atoms with Gasteiger partial charge < -0.3 is 19.6 Å². The number of benzene rings is 1. The predicted molar refractivity (Wildman–Crippen MR) is 117 cm³/mol. The molecule has 3 aromatic rings. The molecule has 3 heterocycles. The maximum atomic E-state index is 9.82. The van der Waals surface area contributed by atoms with Gasteiger partial charge >= 0.3 is 0 Å². The zero-order chi connectivity index (χ0) is 19.7. The number of rotatable bonds is 5. The quantitative estimate of drug-likeness (QED) is 0.708. The summed E-state index contributed by atoms with van der Waals surface area (Å²) in [6, 6.07) is 12.3. The van der Waals surface area contributed by atoms with E-state index in [4.69, 9.17) is 9.72 Å². The van der Waals surface area contributed by atoms with Crippen LogP contribution in [0.2, 0.25) is 0 Å². The molecule has 0 radical (unpaired) electrons. The number of piperazine rings is 1. The van der Waals surface area contributed by atoms with Gasteiger partial charge in [0.25, 0.3) is 0 Å². The number of nitrogens with zero attached hydrogens (tertiary/aromatic N) is 3. The number of aromatic nitrogens is 1. The molecule has 4 rings (SSSR count). The van der Waals surface area contributed by atoms with Crippen LogP contribution in [0.1, 0.15) is 13.8 Å². The fourth-order valence-corrected chi connectivity index (χ4v) is 4.15. The molecule has 0 unspecified atom stereocenters. The van der Waals surface area contributed by atoms with Gasteiger partial charge in [-0.3, -0.25) is 0 Å². The first kappa shape index (κ1) is 19.2. The summed E-state index contributed by atoms with van der Waals surface area (Å²) in [6.07, 6.45) is 0. The summed E-state index contributed by atoms with van der Waals surface area (Å²) in [6.45, 7) is 7.86.